The van der Waals surface area contributed by atoms with Gasteiger partial charge in [-0.25, -0.2) is 0 Å². The van der Waals surface area contributed by atoms with Crippen molar-refractivity contribution in [1.29, 1.82) is 0 Å². The Labute approximate surface area is 145 Å². The number of aryl methyl sites for hydroxylation is 1. The van der Waals surface area contributed by atoms with Crippen LogP contribution in [0.4, 0.5) is 0 Å². The molecular formula is C19H32N4O. The largest absolute Gasteiger partial charge is 0.343 e. The van der Waals surface area contributed by atoms with Crippen LogP contribution >= 0.6 is 0 Å². The van der Waals surface area contributed by atoms with Gasteiger partial charge in [0.1, 0.15) is 0 Å². The number of rotatable bonds is 5. The average molecular weight is 332 g/mol. The zero-order chi connectivity index (χ0) is 17.0. The molecule has 5 nitrogen and oxygen atoms in total. The van der Waals surface area contributed by atoms with Crippen molar-refractivity contribution in [2.75, 3.05) is 19.6 Å². The Morgan fingerprint density at radius 3 is 2.58 bits per heavy atom. The summed E-state index contributed by atoms with van der Waals surface area (Å²) in [5.74, 6) is 0.873. The molecule has 0 spiro atoms. The predicted octanol–water partition coefficient (Wildman–Crippen LogP) is 2.91. The van der Waals surface area contributed by atoms with E-state index in [4.69, 9.17) is 5.73 Å². The fraction of sp³-hybridized carbons (Fsp3) is 0.789. The van der Waals surface area contributed by atoms with Gasteiger partial charge in [0.15, 0.2) is 0 Å². The second-order valence-corrected chi connectivity index (χ2v) is 7.73. The van der Waals surface area contributed by atoms with Crippen molar-refractivity contribution < 1.29 is 4.79 Å². The zero-order valence-corrected chi connectivity index (χ0v) is 15.0. The number of nitrogens with zero attached hydrogens (tertiary/aromatic N) is 3. The third-order valence-corrected chi connectivity index (χ3v) is 6.17. The van der Waals surface area contributed by atoms with Gasteiger partial charge in [0.25, 0.3) is 0 Å². The minimum atomic E-state index is 0.0778. The lowest BCUT2D eigenvalue weighted by Gasteiger charge is -2.39. The van der Waals surface area contributed by atoms with Gasteiger partial charge in [0.05, 0.1) is 6.20 Å². The molecule has 1 saturated heterocycles. The number of hydrogen-bond acceptors (Lipinski definition) is 3. The van der Waals surface area contributed by atoms with Crippen LogP contribution in [-0.4, -0.2) is 40.2 Å². The van der Waals surface area contributed by atoms with Gasteiger partial charge in [-0.1, -0.05) is 19.3 Å². The highest BCUT2D eigenvalue weighted by Crippen LogP contribution is 2.39. The predicted molar refractivity (Wildman–Crippen MR) is 95.6 cm³/mol. The molecule has 134 valence electrons. The average Bonchev–Trinajstić information content (AvgIpc) is 3.12. The minimum Gasteiger partial charge on any atom is -0.343 e. The van der Waals surface area contributed by atoms with Gasteiger partial charge in [-0.15, -0.1) is 0 Å². The molecule has 1 aromatic heterocycles. The first-order chi connectivity index (χ1) is 11.7. The Morgan fingerprint density at radius 2 is 2.00 bits per heavy atom. The third kappa shape index (κ3) is 3.82. The van der Waals surface area contributed by atoms with Gasteiger partial charge < -0.3 is 10.6 Å². The summed E-state index contributed by atoms with van der Waals surface area (Å²) in [6.07, 6.45) is 12.9. The normalized spacial score (nSPS) is 21.8. The summed E-state index contributed by atoms with van der Waals surface area (Å²) in [5.41, 5.74) is 7.46. The quantitative estimate of drug-likeness (QED) is 0.901. The molecule has 3 rings (SSSR count). The molecule has 0 atom stereocenters. The summed E-state index contributed by atoms with van der Waals surface area (Å²) in [5, 5.41) is 4.38. The van der Waals surface area contributed by atoms with Crippen molar-refractivity contribution in [1.82, 2.24) is 14.7 Å². The Hall–Kier alpha value is -1.36. The molecule has 2 fully saturated rings. The summed E-state index contributed by atoms with van der Waals surface area (Å²) in [4.78, 5) is 14.9. The number of aromatic nitrogens is 2. The highest BCUT2D eigenvalue weighted by Gasteiger charge is 2.35. The molecule has 0 bridgehead atoms. The van der Waals surface area contributed by atoms with Crippen LogP contribution in [0.1, 0.15) is 69.8 Å². The van der Waals surface area contributed by atoms with Crippen LogP contribution in [0.2, 0.25) is 0 Å². The Morgan fingerprint density at radius 1 is 1.29 bits per heavy atom. The summed E-state index contributed by atoms with van der Waals surface area (Å²) in [6, 6.07) is 0. The molecule has 2 heterocycles. The van der Waals surface area contributed by atoms with E-state index < -0.39 is 0 Å². The molecule has 1 amide bonds. The highest BCUT2D eigenvalue weighted by molar-refractivity contribution is 5.77. The van der Waals surface area contributed by atoms with Gasteiger partial charge >= 0.3 is 0 Å². The van der Waals surface area contributed by atoms with Gasteiger partial charge in [-0.3, -0.25) is 9.48 Å². The van der Waals surface area contributed by atoms with Gasteiger partial charge in [-0.05, 0) is 56.0 Å². The Bertz CT molecular complexity index is 539. The van der Waals surface area contributed by atoms with Gasteiger partial charge in [-0.2, -0.15) is 5.10 Å². The molecular weight excluding hydrogens is 300 g/mol. The highest BCUT2D eigenvalue weighted by atomic mass is 16.2. The first-order valence-electron chi connectivity index (χ1n) is 9.66. The first kappa shape index (κ1) is 17.5. The van der Waals surface area contributed by atoms with Crippen LogP contribution in [0.25, 0.3) is 0 Å². The van der Waals surface area contributed by atoms with Crippen LogP contribution in [0, 0.1) is 5.41 Å². The summed E-state index contributed by atoms with van der Waals surface area (Å²) < 4.78 is 1.99. The van der Waals surface area contributed by atoms with Gasteiger partial charge in [0.2, 0.25) is 5.91 Å². The molecule has 2 aliphatic rings. The van der Waals surface area contributed by atoms with E-state index in [0.717, 1.165) is 45.3 Å². The van der Waals surface area contributed by atoms with E-state index in [1.165, 1.54) is 24.8 Å². The van der Waals surface area contributed by atoms with E-state index in [-0.39, 0.29) is 5.41 Å². The smallest absolute Gasteiger partial charge is 0.223 e. The molecule has 1 aromatic rings. The number of hydrogen-bond donors (Lipinski definition) is 1. The molecule has 0 aromatic carbocycles. The lowest BCUT2D eigenvalue weighted by Crippen LogP contribution is -2.43. The topological polar surface area (TPSA) is 64.2 Å². The molecule has 1 aliphatic heterocycles. The second-order valence-electron chi connectivity index (χ2n) is 7.73. The van der Waals surface area contributed by atoms with E-state index in [1.54, 1.807) is 0 Å². The van der Waals surface area contributed by atoms with E-state index in [2.05, 4.69) is 23.1 Å². The van der Waals surface area contributed by atoms with Crippen molar-refractivity contribution in [3.8, 4) is 0 Å². The van der Waals surface area contributed by atoms with Crippen LogP contribution in [-0.2, 0) is 11.3 Å². The molecule has 0 radical (unpaired) electrons. The Kier molecular flexibility index (Phi) is 5.59. The summed E-state index contributed by atoms with van der Waals surface area (Å²) in [7, 11) is 0. The molecule has 2 N–H and O–H groups in total. The van der Waals surface area contributed by atoms with Crippen molar-refractivity contribution in [3.05, 3.63) is 18.0 Å². The van der Waals surface area contributed by atoms with E-state index in [9.17, 15) is 4.79 Å². The van der Waals surface area contributed by atoms with Crippen molar-refractivity contribution in [3.63, 3.8) is 0 Å². The SMILES string of the molecule is CCn1cc(C2CCN(C(=O)CC3(CN)CCCCC3)CC2)cn1. The van der Waals surface area contributed by atoms with Gasteiger partial charge in [0, 0.05) is 32.3 Å². The number of likely N-dealkylation sites (tertiary alicyclic amines) is 1. The van der Waals surface area contributed by atoms with Crippen molar-refractivity contribution in [2.24, 2.45) is 11.1 Å². The molecule has 0 unspecified atom stereocenters. The van der Waals surface area contributed by atoms with Crippen LogP contribution in [0.3, 0.4) is 0 Å². The molecule has 1 saturated carbocycles. The summed E-state index contributed by atoms with van der Waals surface area (Å²) >= 11 is 0. The first-order valence-corrected chi connectivity index (χ1v) is 9.66. The van der Waals surface area contributed by atoms with E-state index in [1.807, 2.05) is 10.9 Å². The number of carbonyl (C=O) groups is 1. The maximum Gasteiger partial charge on any atom is 0.223 e. The van der Waals surface area contributed by atoms with Crippen LogP contribution in [0.15, 0.2) is 12.4 Å². The zero-order valence-electron chi connectivity index (χ0n) is 15.0. The fourth-order valence-electron chi connectivity index (χ4n) is 4.41. The third-order valence-electron chi connectivity index (χ3n) is 6.17. The minimum absolute atomic E-state index is 0.0778. The van der Waals surface area contributed by atoms with E-state index >= 15 is 0 Å². The van der Waals surface area contributed by atoms with Crippen LogP contribution in [0.5, 0.6) is 0 Å². The second kappa shape index (κ2) is 7.68. The van der Waals surface area contributed by atoms with Crippen molar-refractivity contribution in [2.45, 2.75) is 70.8 Å². The van der Waals surface area contributed by atoms with Crippen molar-refractivity contribution >= 4 is 5.91 Å². The Balaban J connectivity index is 1.53. The molecule has 5 heteroatoms. The fourth-order valence-corrected chi connectivity index (χ4v) is 4.41. The summed E-state index contributed by atoms with van der Waals surface area (Å²) in [6.45, 7) is 5.43. The lowest BCUT2D eigenvalue weighted by molar-refractivity contribution is -0.135. The maximum absolute atomic E-state index is 12.8. The molecule has 1 aliphatic carbocycles. The monoisotopic (exact) mass is 332 g/mol. The number of carbonyl (C=O) groups excluding carboxylic acids is 1. The van der Waals surface area contributed by atoms with Crippen LogP contribution < -0.4 is 5.73 Å². The number of piperidine rings is 1. The number of amides is 1. The standard InChI is InChI=1S/C19H32N4O/c1-2-23-14-17(13-21-23)16-6-10-22(11-7-16)18(24)12-19(15-20)8-4-3-5-9-19/h13-14,16H,2-12,15,20H2,1H3. The number of nitrogens with two attached hydrogens (primary N) is 1. The lowest BCUT2D eigenvalue weighted by atomic mass is 9.71. The molecule has 24 heavy (non-hydrogen) atoms. The van der Waals surface area contributed by atoms with E-state index in [0.29, 0.717) is 24.8 Å². The maximum atomic E-state index is 12.8.